The first-order chi connectivity index (χ1) is 10.2. The first-order valence-corrected chi connectivity index (χ1v) is 9.33. The summed E-state index contributed by atoms with van der Waals surface area (Å²) in [5.41, 5.74) is 0. The third kappa shape index (κ3) is 5.54. The van der Waals surface area contributed by atoms with Crippen LogP contribution in [0.1, 0.15) is 58.3 Å². The number of piperazine rings is 1. The molecule has 2 rings (SSSR count). The molecule has 2 fully saturated rings. The third-order valence-electron chi connectivity index (χ3n) is 5.63. The van der Waals surface area contributed by atoms with Gasteiger partial charge in [0.15, 0.2) is 0 Å². The molecule has 0 amide bonds. The molecule has 0 aromatic heterocycles. The summed E-state index contributed by atoms with van der Waals surface area (Å²) in [5.74, 6) is 0.916. The van der Waals surface area contributed by atoms with E-state index in [2.05, 4.69) is 36.1 Å². The van der Waals surface area contributed by atoms with Crippen LogP contribution in [0.25, 0.3) is 0 Å². The quantitative estimate of drug-likeness (QED) is 0.760. The van der Waals surface area contributed by atoms with Gasteiger partial charge in [-0.3, -0.25) is 0 Å². The fraction of sp³-hybridized carbons (Fsp3) is 1.00. The topological polar surface area (TPSA) is 18.5 Å². The average Bonchev–Trinajstić information content (AvgIpc) is 2.76. The maximum atomic E-state index is 3.90. The van der Waals surface area contributed by atoms with Crippen LogP contribution >= 0.6 is 0 Å². The molecule has 124 valence electrons. The Morgan fingerprint density at radius 1 is 1.05 bits per heavy atom. The number of nitrogens with zero attached hydrogens (tertiary/aromatic N) is 2. The molecule has 1 saturated carbocycles. The lowest BCUT2D eigenvalue weighted by molar-refractivity contribution is 0.0928. The second-order valence-electron chi connectivity index (χ2n) is 7.44. The van der Waals surface area contributed by atoms with E-state index in [4.69, 9.17) is 0 Å². The molecule has 1 aliphatic carbocycles. The predicted octanol–water partition coefficient (Wildman–Crippen LogP) is 2.96. The first kappa shape index (κ1) is 17.2. The van der Waals surface area contributed by atoms with Crippen LogP contribution in [-0.4, -0.2) is 62.2 Å². The molecule has 3 heteroatoms. The zero-order chi connectivity index (χ0) is 15.1. The van der Waals surface area contributed by atoms with Gasteiger partial charge in [0, 0.05) is 31.7 Å². The van der Waals surface area contributed by atoms with Crippen LogP contribution in [-0.2, 0) is 0 Å². The summed E-state index contributed by atoms with van der Waals surface area (Å²) in [6, 6.07) is 1.48. The standard InChI is InChI=1S/C18H37N3/c1-4-11-19-18(16-9-7-5-6-8-10-16)14-17-15-20(2)12-13-21(17)3/h16-19H,4-15H2,1-3H3. The van der Waals surface area contributed by atoms with Crippen molar-refractivity contribution in [3.8, 4) is 0 Å². The molecule has 3 nitrogen and oxygen atoms in total. The van der Waals surface area contributed by atoms with Crippen molar-refractivity contribution in [3.05, 3.63) is 0 Å². The highest BCUT2D eigenvalue weighted by Crippen LogP contribution is 2.28. The third-order valence-corrected chi connectivity index (χ3v) is 5.63. The minimum Gasteiger partial charge on any atom is -0.314 e. The van der Waals surface area contributed by atoms with Gasteiger partial charge < -0.3 is 15.1 Å². The molecule has 0 spiro atoms. The number of hydrogen-bond acceptors (Lipinski definition) is 3. The second-order valence-corrected chi connectivity index (χ2v) is 7.44. The molecule has 0 aromatic carbocycles. The van der Waals surface area contributed by atoms with E-state index in [1.807, 2.05) is 0 Å². The number of nitrogens with one attached hydrogen (secondary N) is 1. The molecule has 0 aromatic rings. The van der Waals surface area contributed by atoms with E-state index in [0.717, 1.165) is 18.0 Å². The lowest BCUT2D eigenvalue weighted by Gasteiger charge is -2.41. The normalized spacial score (nSPS) is 28.4. The van der Waals surface area contributed by atoms with Gasteiger partial charge >= 0.3 is 0 Å². The maximum Gasteiger partial charge on any atom is 0.0235 e. The highest BCUT2D eigenvalue weighted by Gasteiger charge is 2.29. The summed E-state index contributed by atoms with van der Waals surface area (Å²) in [6.45, 7) is 7.18. The minimum absolute atomic E-state index is 0.737. The van der Waals surface area contributed by atoms with Crippen molar-refractivity contribution in [2.75, 3.05) is 40.3 Å². The molecular formula is C18H37N3. The lowest BCUT2D eigenvalue weighted by atomic mass is 9.87. The Morgan fingerprint density at radius 2 is 1.76 bits per heavy atom. The molecule has 2 aliphatic rings. The van der Waals surface area contributed by atoms with E-state index in [9.17, 15) is 0 Å². The van der Waals surface area contributed by atoms with E-state index in [0.29, 0.717) is 0 Å². The van der Waals surface area contributed by atoms with Gasteiger partial charge in [-0.05, 0) is 52.2 Å². The van der Waals surface area contributed by atoms with E-state index in [1.54, 1.807) is 0 Å². The molecule has 1 heterocycles. The fourth-order valence-corrected chi connectivity index (χ4v) is 4.13. The molecule has 1 N–H and O–H groups in total. The van der Waals surface area contributed by atoms with Crippen molar-refractivity contribution in [3.63, 3.8) is 0 Å². The van der Waals surface area contributed by atoms with Crippen LogP contribution in [0.5, 0.6) is 0 Å². The zero-order valence-corrected chi connectivity index (χ0v) is 14.6. The van der Waals surface area contributed by atoms with E-state index in [-0.39, 0.29) is 0 Å². The van der Waals surface area contributed by atoms with Crippen LogP contribution in [0.4, 0.5) is 0 Å². The predicted molar refractivity (Wildman–Crippen MR) is 91.8 cm³/mol. The molecule has 2 unspecified atom stereocenters. The summed E-state index contributed by atoms with van der Waals surface area (Å²) in [6.07, 6.45) is 11.3. The van der Waals surface area contributed by atoms with Crippen molar-refractivity contribution in [1.82, 2.24) is 15.1 Å². The number of rotatable bonds is 6. The van der Waals surface area contributed by atoms with Crippen LogP contribution in [0.15, 0.2) is 0 Å². The van der Waals surface area contributed by atoms with Crippen molar-refractivity contribution in [2.24, 2.45) is 5.92 Å². The van der Waals surface area contributed by atoms with Crippen LogP contribution in [0.3, 0.4) is 0 Å². The van der Waals surface area contributed by atoms with E-state index >= 15 is 0 Å². The SMILES string of the molecule is CCCNC(CC1CN(C)CCN1C)C1CCCCCC1. The Kier molecular flexibility index (Phi) is 7.48. The summed E-state index contributed by atoms with van der Waals surface area (Å²) in [7, 11) is 4.60. The van der Waals surface area contributed by atoms with E-state index < -0.39 is 0 Å². The smallest absolute Gasteiger partial charge is 0.0235 e. The van der Waals surface area contributed by atoms with Crippen LogP contribution < -0.4 is 5.32 Å². The Balaban J connectivity index is 1.93. The van der Waals surface area contributed by atoms with Gasteiger partial charge in [-0.2, -0.15) is 0 Å². The second kappa shape index (κ2) is 9.12. The van der Waals surface area contributed by atoms with Gasteiger partial charge in [0.05, 0.1) is 0 Å². The summed E-state index contributed by atoms with van der Waals surface area (Å²) in [4.78, 5) is 5.10. The minimum atomic E-state index is 0.737. The van der Waals surface area contributed by atoms with Crippen molar-refractivity contribution in [2.45, 2.75) is 70.4 Å². The van der Waals surface area contributed by atoms with Gasteiger partial charge in [-0.1, -0.05) is 32.6 Å². The van der Waals surface area contributed by atoms with Crippen molar-refractivity contribution in [1.29, 1.82) is 0 Å². The molecular weight excluding hydrogens is 258 g/mol. The fourth-order valence-electron chi connectivity index (χ4n) is 4.13. The average molecular weight is 296 g/mol. The lowest BCUT2D eigenvalue weighted by Crippen LogP contribution is -2.53. The largest absolute Gasteiger partial charge is 0.314 e. The molecule has 1 aliphatic heterocycles. The summed E-state index contributed by atoms with van der Waals surface area (Å²) in [5, 5.41) is 3.90. The van der Waals surface area contributed by atoms with Gasteiger partial charge in [-0.25, -0.2) is 0 Å². The van der Waals surface area contributed by atoms with Gasteiger partial charge in [0.2, 0.25) is 0 Å². The molecule has 2 atom stereocenters. The van der Waals surface area contributed by atoms with Crippen LogP contribution in [0.2, 0.25) is 0 Å². The number of hydrogen-bond donors (Lipinski definition) is 1. The highest BCUT2D eigenvalue weighted by molar-refractivity contribution is 4.87. The van der Waals surface area contributed by atoms with Gasteiger partial charge in [0.1, 0.15) is 0 Å². The van der Waals surface area contributed by atoms with E-state index in [1.165, 1.54) is 77.5 Å². The Morgan fingerprint density at radius 3 is 2.43 bits per heavy atom. The van der Waals surface area contributed by atoms with Crippen molar-refractivity contribution < 1.29 is 0 Å². The molecule has 21 heavy (non-hydrogen) atoms. The Hall–Kier alpha value is -0.120. The van der Waals surface area contributed by atoms with Crippen molar-refractivity contribution >= 4 is 0 Å². The first-order valence-electron chi connectivity index (χ1n) is 9.33. The molecule has 0 bridgehead atoms. The summed E-state index contributed by atoms with van der Waals surface area (Å²) >= 11 is 0. The van der Waals surface area contributed by atoms with Gasteiger partial charge in [-0.15, -0.1) is 0 Å². The van der Waals surface area contributed by atoms with Gasteiger partial charge in [0.25, 0.3) is 0 Å². The van der Waals surface area contributed by atoms with Crippen LogP contribution in [0, 0.1) is 5.92 Å². The summed E-state index contributed by atoms with van der Waals surface area (Å²) < 4.78 is 0. The molecule has 1 saturated heterocycles. The highest BCUT2D eigenvalue weighted by atomic mass is 15.3. The number of likely N-dealkylation sites (N-methyl/N-ethyl adjacent to an activating group) is 2. The maximum absolute atomic E-state index is 3.90. The monoisotopic (exact) mass is 295 g/mol. The molecule has 0 radical (unpaired) electrons. The Bertz CT molecular complexity index is 274. The zero-order valence-electron chi connectivity index (χ0n) is 14.6. The Labute approximate surface area is 132 Å².